The lowest BCUT2D eigenvalue weighted by atomic mass is 10.1. The van der Waals surface area contributed by atoms with E-state index in [1.165, 1.54) is 0 Å². The molecule has 1 atom stereocenters. The van der Waals surface area contributed by atoms with Gasteiger partial charge in [0.05, 0.1) is 11.1 Å². The summed E-state index contributed by atoms with van der Waals surface area (Å²) in [6.07, 6.45) is 1.68. The first kappa shape index (κ1) is 17.0. The van der Waals surface area contributed by atoms with Gasteiger partial charge in [0.25, 0.3) is 0 Å². The van der Waals surface area contributed by atoms with Crippen molar-refractivity contribution in [2.24, 2.45) is 0 Å². The van der Waals surface area contributed by atoms with Crippen LogP contribution in [0.25, 0.3) is 0 Å². The van der Waals surface area contributed by atoms with Gasteiger partial charge in [-0.1, -0.05) is 11.6 Å². The number of halogens is 1. The van der Waals surface area contributed by atoms with Crippen molar-refractivity contribution < 1.29 is 4.79 Å². The summed E-state index contributed by atoms with van der Waals surface area (Å²) in [7, 11) is 0. The Morgan fingerprint density at radius 2 is 2.00 bits per heavy atom. The molecule has 1 aliphatic rings. The van der Waals surface area contributed by atoms with Crippen LogP contribution in [0.2, 0.25) is 5.02 Å². The minimum absolute atomic E-state index is 0.0615. The summed E-state index contributed by atoms with van der Waals surface area (Å²) < 4.78 is 0. The number of pyridine rings is 1. The Hall–Kier alpha value is -1.33. The van der Waals surface area contributed by atoms with Gasteiger partial charge in [0.1, 0.15) is 5.82 Å². The molecule has 1 saturated heterocycles. The lowest BCUT2D eigenvalue weighted by Crippen LogP contribution is -2.45. The second-order valence-corrected chi connectivity index (χ2v) is 6.44. The molecule has 0 radical (unpaired) electrons. The monoisotopic (exact) mass is 324 g/mol. The van der Waals surface area contributed by atoms with Gasteiger partial charge >= 0.3 is 0 Å². The minimum Gasteiger partial charge on any atom is -0.354 e. The summed E-state index contributed by atoms with van der Waals surface area (Å²) in [6.45, 7) is 11.4. The van der Waals surface area contributed by atoms with E-state index in [9.17, 15) is 4.79 Å². The molecule has 1 N–H and O–H groups in total. The van der Waals surface area contributed by atoms with E-state index in [2.05, 4.69) is 15.2 Å². The van der Waals surface area contributed by atoms with Crippen LogP contribution in [0.3, 0.4) is 0 Å². The van der Waals surface area contributed by atoms with Gasteiger partial charge in [0, 0.05) is 50.9 Å². The molecule has 2 heterocycles. The largest absolute Gasteiger partial charge is 0.354 e. The number of rotatable bonds is 4. The molecular weight excluding hydrogens is 300 g/mol. The molecule has 0 saturated carbocycles. The van der Waals surface area contributed by atoms with Gasteiger partial charge < -0.3 is 15.1 Å². The molecule has 122 valence electrons. The molecule has 1 aromatic heterocycles. The van der Waals surface area contributed by atoms with E-state index >= 15 is 0 Å². The maximum Gasteiger partial charge on any atom is 0.220 e. The van der Waals surface area contributed by atoms with Gasteiger partial charge in [0.2, 0.25) is 5.91 Å². The molecule has 1 amide bonds. The average Bonchev–Trinajstić information content (AvgIpc) is 2.47. The van der Waals surface area contributed by atoms with E-state index in [-0.39, 0.29) is 18.0 Å². The molecule has 2 rings (SSSR count). The Bertz CT molecular complexity index is 529. The first-order valence-electron chi connectivity index (χ1n) is 7.81. The maximum atomic E-state index is 12.0. The van der Waals surface area contributed by atoms with Gasteiger partial charge in [-0.05, 0) is 26.8 Å². The third-order valence-corrected chi connectivity index (χ3v) is 4.27. The molecule has 1 fully saturated rings. The van der Waals surface area contributed by atoms with Crippen LogP contribution in [0.1, 0.15) is 39.3 Å². The smallest absolute Gasteiger partial charge is 0.220 e. The standard InChI is InChI=1S/C16H25ClN4O/c1-11(2)21(13(4)22)12(3)15-9-14(17)10-19-16(15)20-7-5-18-6-8-20/h9-12,18H,5-8H2,1-4H3/t12-/m1/s1. The molecule has 0 bridgehead atoms. The summed E-state index contributed by atoms with van der Waals surface area (Å²) in [5, 5.41) is 3.95. The van der Waals surface area contributed by atoms with Crippen LogP contribution >= 0.6 is 11.6 Å². The zero-order chi connectivity index (χ0) is 16.3. The van der Waals surface area contributed by atoms with E-state index in [0.717, 1.165) is 37.6 Å². The second kappa shape index (κ2) is 7.29. The van der Waals surface area contributed by atoms with Gasteiger partial charge in [0.15, 0.2) is 0 Å². The van der Waals surface area contributed by atoms with Crippen molar-refractivity contribution >= 4 is 23.3 Å². The van der Waals surface area contributed by atoms with Gasteiger partial charge in [-0.15, -0.1) is 0 Å². The van der Waals surface area contributed by atoms with Crippen molar-refractivity contribution in [1.29, 1.82) is 0 Å². The van der Waals surface area contributed by atoms with Crippen molar-refractivity contribution in [2.75, 3.05) is 31.1 Å². The fourth-order valence-corrected chi connectivity index (χ4v) is 3.30. The third kappa shape index (κ3) is 3.70. The molecule has 0 aromatic carbocycles. The van der Waals surface area contributed by atoms with Gasteiger partial charge in [-0.2, -0.15) is 0 Å². The Morgan fingerprint density at radius 1 is 1.36 bits per heavy atom. The number of anilines is 1. The minimum atomic E-state index is -0.0615. The average molecular weight is 325 g/mol. The Labute approximate surface area is 137 Å². The fourth-order valence-electron chi connectivity index (χ4n) is 3.13. The third-order valence-electron chi connectivity index (χ3n) is 4.07. The number of carbonyl (C=O) groups excluding carboxylic acids is 1. The number of aromatic nitrogens is 1. The van der Waals surface area contributed by atoms with Crippen LogP contribution in [0, 0.1) is 0 Å². The van der Waals surface area contributed by atoms with E-state index in [4.69, 9.17) is 11.6 Å². The summed E-state index contributed by atoms with van der Waals surface area (Å²) in [6, 6.07) is 2.01. The van der Waals surface area contributed by atoms with Crippen molar-refractivity contribution in [3.63, 3.8) is 0 Å². The van der Waals surface area contributed by atoms with Crippen LogP contribution in [0.15, 0.2) is 12.3 Å². The molecule has 6 heteroatoms. The van der Waals surface area contributed by atoms with Gasteiger partial charge in [-0.3, -0.25) is 4.79 Å². The number of carbonyl (C=O) groups is 1. The molecule has 22 heavy (non-hydrogen) atoms. The predicted molar refractivity (Wildman–Crippen MR) is 90.4 cm³/mol. The number of nitrogens with zero attached hydrogens (tertiary/aromatic N) is 3. The Balaban J connectivity index is 2.39. The topological polar surface area (TPSA) is 48.5 Å². The molecule has 0 spiro atoms. The highest BCUT2D eigenvalue weighted by molar-refractivity contribution is 6.30. The zero-order valence-corrected chi connectivity index (χ0v) is 14.5. The van der Waals surface area contributed by atoms with Crippen LogP contribution in [-0.4, -0.2) is 48.0 Å². The van der Waals surface area contributed by atoms with Crippen LogP contribution in [-0.2, 0) is 4.79 Å². The van der Waals surface area contributed by atoms with Crippen molar-refractivity contribution in [2.45, 2.75) is 39.8 Å². The summed E-state index contributed by atoms with van der Waals surface area (Å²) >= 11 is 6.17. The van der Waals surface area contributed by atoms with Crippen molar-refractivity contribution in [3.8, 4) is 0 Å². The van der Waals surface area contributed by atoms with Crippen molar-refractivity contribution in [3.05, 3.63) is 22.8 Å². The number of piperazine rings is 1. The molecule has 5 nitrogen and oxygen atoms in total. The zero-order valence-electron chi connectivity index (χ0n) is 13.8. The summed E-state index contributed by atoms with van der Waals surface area (Å²) in [5.41, 5.74) is 1.01. The quantitative estimate of drug-likeness (QED) is 0.924. The number of amides is 1. The maximum absolute atomic E-state index is 12.0. The van der Waals surface area contributed by atoms with Gasteiger partial charge in [-0.25, -0.2) is 4.98 Å². The lowest BCUT2D eigenvalue weighted by molar-refractivity contribution is -0.132. The summed E-state index contributed by atoms with van der Waals surface area (Å²) in [5.74, 6) is 0.999. The van der Waals surface area contributed by atoms with E-state index in [1.807, 2.05) is 31.7 Å². The second-order valence-electron chi connectivity index (χ2n) is 6.00. The molecule has 0 unspecified atom stereocenters. The fraction of sp³-hybridized carbons (Fsp3) is 0.625. The SMILES string of the molecule is CC(=O)N(C(C)C)[C@H](C)c1cc(Cl)cnc1N1CCNCC1. The number of hydrogen-bond donors (Lipinski definition) is 1. The number of nitrogens with one attached hydrogen (secondary N) is 1. The van der Waals surface area contributed by atoms with E-state index in [0.29, 0.717) is 5.02 Å². The predicted octanol–water partition coefficient (Wildman–Crippen LogP) is 2.46. The molecule has 0 aliphatic carbocycles. The Kier molecular flexibility index (Phi) is 5.64. The number of hydrogen-bond acceptors (Lipinski definition) is 4. The van der Waals surface area contributed by atoms with Crippen LogP contribution in [0.5, 0.6) is 0 Å². The van der Waals surface area contributed by atoms with E-state index in [1.54, 1.807) is 13.1 Å². The van der Waals surface area contributed by atoms with Crippen LogP contribution < -0.4 is 10.2 Å². The highest BCUT2D eigenvalue weighted by Crippen LogP contribution is 2.32. The van der Waals surface area contributed by atoms with Crippen LogP contribution in [0.4, 0.5) is 5.82 Å². The molecular formula is C16H25ClN4O. The molecule has 1 aliphatic heterocycles. The summed E-state index contributed by atoms with van der Waals surface area (Å²) in [4.78, 5) is 20.7. The normalized spacial score (nSPS) is 16.7. The van der Waals surface area contributed by atoms with Crippen molar-refractivity contribution in [1.82, 2.24) is 15.2 Å². The first-order chi connectivity index (χ1) is 10.4. The highest BCUT2D eigenvalue weighted by atomic mass is 35.5. The van der Waals surface area contributed by atoms with E-state index < -0.39 is 0 Å². The first-order valence-corrected chi connectivity index (χ1v) is 8.19. The lowest BCUT2D eigenvalue weighted by Gasteiger charge is -2.36. The Morgan fingerprint density at radius 3 is 2.55 bits per heavy atom. The molecule has 1 aromatic rings. The highest BCUT2D eigenvalue weighted by Gasteiger charge is 2.26.